The normalized spacial score (nSPS) is 16.3. The van der Waals surface area contributed by atoms with Gasteiger partial charge in [0.2, 0.25) is 0 Å². The summed E-state index contributed by atoms with van der Waals surface area (Å²) >= 11 is 0. The van der Waals surface area contributed by atoms with Crippen LogP contribution in [0.5, 0.6) is 0 Å². The van der Waals surface area contributed by atoms with E-state index >= 15 is 0 Å². The molecule has 0 aliphatic rings. The Morgan fingerprint density at radius 2 is 2.05 bits per heavy atom. The SMILES string of the molecule is CC(C)CCCC(C)NC[C@@H](O)[C@@H](N)Cn1cccn1. The number of hydrogen-bond acceptors (Lipinski definition) is 4. The molecule has 3 atom stereocenters. The first kappa shape index (κ1) is 17.1. The summed E-state index contributed by atoms with van der Waals surface area (Å²) in [4.78, 5) is 0. The van der Waals surface area contributed by atoms with E-state index in [2.05, 4.69) is 31.2 Å². The molecule has 0 amide bonds. The molecule has 0 aliphatic heterocycles. The summed E-state index contributed by atoms with van der Waals surface area (Å²) in [5.41, 5.74) is 5.98. The molecule has 0 radical (unpaired) electrons. The monoisotopic (exact) mass is 282 g/mol. The molecule has 0 aromatic carbocycles. The van der Waals surface area contributed by atoms with Crippen LogP contribution in [0.15, 0.2) is 18.5 Å². The topological polar surface area (TPSA) is 76.1 Å². The van der Waals surface area contributed by atoms with Gasteiger partial charge < -0.3 is 16.2 Å². The molecule has 0 saturated heterocycles. The lowest BCUT2D eigenvalue weighted by molar-refractivity contribution is 0.129. The minimum atomic E-state index is -0.549. The Hall–Kier alpha value is -0.910. The standard InChI is InChI=1S/C15H30N4O/c1-12(2)6-4-7-13(3)17-10-15(20)14(16)11-19-9-5-8-18-19/h5,8-9,12-15,17,20H,4,6-7,10-11,16H2,1-3H3/t13?,14-,15+/m0/s1. The van der Waals surface area contributed by atoms with Gasteiger partial charge in [-0.05, 0) is 25.3 Å². The second-order valence-electron chi connectivity index (χ2n) is 6.09. The predicted molar refractivity (Wildman–Crippen MR) is 82.4 cm³/mol. The van der Waals surface area contributed by atoms with Gasteiger partial charge in [-0.25, -0.2) is 0 Å². The third-order valence-electron chi connectivity index (χ3n) is 3.55. The van der Waals surface area contributed by atoms with Crippen molar-refractivity contribution in [3.05, 3.63) is 18.5 Å². The summed E-state index contributed by atoms with van der Waals surface area (Å²) in [5.74, 6) is 0.760. The number of aliphatic hydroxyl groups is 1. The Labute approximate surface area is 122 Å². The molecule has 0 spiro atoms. The molecule has 1 aromatic heterocycles. The van der Waals surface area contributed by atoms with Crippen LogP contribution in [0.4, 0.5) is 0 Å². The first-order valence-corrected chi connectivity index (χ1v) is 7.63. The van der Waals surface area contributed by atoms with Crippen LogP contribution >= 0.6 is 0 Å². The fraction of sp³-hybridized carbons (Fsp3) is 0.800. The fourth-order valence-corrected chi connectivity index (χ4v) is 2.15. The van der Waals surface area contributed by atoms with Gasteiger partial charge in [-0.15, -0.1) is 0 Å². The second kappa shape index (κ2) is 9.10. The highest BCUT2D eigenvalue weighted by molar-refractivity contribution is 4.82. The van der Waals surface area contributed by atoms with Crippen molar-refractivity contribution in [1.29, 1.82) is 0 Å². The molecule has 0 saturated carbocycles. The average Bonchev–Trinajstić information content (AvgIpc) is 2.88. The third-order valence-corrected chi connectivity index (χ3v) is 3.55. The van der Waals surface area contributed by atoms with E-state index in [9.17, 15) is 5.11 Å². The van der Waals surface area contributed by atoms with Crippen molar-refractivity contribution >= 4 is 0 Å². The zero-order chi connectivity index (χ0) is 15.0. The van der Waals surface area contributed by atoms with Crippen LogP contribution in [-0.2, 0) is 6.54 Å². The van der Waals surface area contributed by atoms with Gasteiger partial charge in [0.25, 0.3) is 0 Å². The fourth-order valence-electron chi connectivity index (χ4n) is 2.15. The zero-order valence-corrected chi connectivity index (χ0v) is 13.0. The molecule has 0 aliphatic carbocycles. The predicted octanol–water partition coefficient (Wildman–Crippen LogP) is 1.38. The molecule has 4 N–H and O–H groups in total. The van der Waals surface area contributed by atoms with Gasteiger partial charge in [-0.2, -0.15) is 5.10 Å². The minimum Gasteiger partial charge on any atom is -0.390 e. The van der Waals surface area contributed by atoms with E-state index in [1.54, 1.807) is 10.9 Å². The van der Waals surface area contributed by atoms with E-state index in [1.807, 2.05) is 12.3 Å². The lowest BCUT2D eigenvalue weighted by Gasteiger charge is -2.22. The molecular weight excluding hydrogens is 252 g/mol. The van der Waals surface area contributed by atoms with Crippen molar-refractivity contribution < 1.29 is 5.11 Å². The van der Waals surface area contributed by atoms with Gasteiger partial charge in [0.1, 0.15) is 0 Å². The molecule has 5 heteroatoms. The van der Waals surface area contributed by atoms with Crippen LogP contribution in [0, 0.1) is 5.92 Å². The van der Waals surface area contributed by atoms with Gasteiger partial charge >= 0.3 is 0 Å². The number of hydrogen-bond donors (Lipinski definition) is 3. The van der Waals surface area contributed by atoms with E-state index in [4.69, 9.17) is 5.73 Å². The van der Waals surface area contributed by atoms with Crippen LogP contribution in [0.3, 0.4) is 0 Å². The van der Waals surface area contributed by atoms with E-state index < -0.39 is 6.10 Å². The van der Waals surface area contributed by atoms with Crippen molar-refractivity contribution in [2.45, 2.75) is 64.8 Å². The number of nitrogens with two attached hydrogens (primary N) is 1. The molecule has 116 valence electrons. The van der Waals surface area contributed by atoms with Crippen LogP contribution < -0.4 is 11.1 Å². The highest BCUT2D eigenvalue weighted by Gasteiger charge is 2.16. The Balaban J connectivity index is 2.16. The van der Waals surface area contributed by atoms with Crippen molar-refractivity contribution in [2.75, 3.05) is 6.54 Å². The van der Waals surface area contributed by atoms with Crippen LogP contribution in [0.1, 0.15) is 40.0 Å². The van der Waals surface area contributed by atoms with E-state index in [1.165, 1.54) is 12.8 Å². The first-order valence-electron chi connectivity index (χ1n) is 7.63. The molecular formula is C15H30N4O. The molecule has 20 heavy (non-hydrogen) atoms. The third kappa shape index (κ3) is 7.03. The van der Waals surface area contributed by atoms with Gasteiger partial charge in [0, 0.05) is 25.0 Å². The number of rotatable bonds is 10. The van der Waals surface area contributed by atoms with Gasteiger partial charge in [0.15, 0.2) is 0 Å². The summed E-state index contributed by atoms with van der Waals surface area (Å²) in [5, 5.41) is 17.5. The Kier molecular flexibility index (Phi) is 7.80. The lowest BCUT2D eigenvalue weighted by atomic mass is 10.0. The number of aliphatic hydroxyl groups excluding tert-OH is 1. The zero-order valence-electron chi connectivity index (χ0n) is 13.0. The van der Waals surface area contributed by atoms with Crippen molar-refractivity contribution in [2.24, 2.45) is 11.7 Å². The number of aromatic nitrogens is 2. The van der Waals surface area contributed by atoms with E-state index in [0.29, 0.717) is 19.1 Å². The van der Waals surface area contributed by atoms with Gasteiger partial charge in [-0.1, -0.05) is 26.7 Å². The van der Waals surface area contributed by atoms with E-state index in [0.717, 1.165) is 12.3 Å². The summed E-state index contributed by atoms with van der Waals surface area (Å²) < 4.78 is 1.75. The van der Waals surface area contributed by atoms with Crippen LogP contribution in [0.25, 0.3) is 0 Å². The Bertz CT molecular complexity index is 340. The number of nitrogens with zero attached hydrogens (tertiary/aromatic N) is 2. The quantitative estimate of drug-likeness (QED) is 0.606. The minimum absolute atomic E-state index is 0.301. The molecule has 1 rings (SSSR count). The lowest BCUT2D eigenvalue weighted by Crippen LogP contribution is -2.46. The van der Waals surface area contributed by atoms with Crippen molar-refractivity contribution in [3.63, 3.8) is 0 Å². The second-order valence-corrected chi connectivity index (χ2v) is 6.09. The maximum Gasteiger partial charge on any atom is 0.0833 e. The summed E-state index contributed by atoms with van der Waals surface area (Å²) in [6.07, 6.45) is 6.64. The van der Waals surface area contributed by atoms with Crippen LogP contribution in [0.2, 0.25) is 0 Å². The summed E-state index contributed by atoms with van der Waals surface area (Å²) in [6, 6.07) is 1.97. The molecule has 0 bridgehead atoms. The highest BCUT2D eigenvalue weighted by Crippen LogP contribution is 2.08. The maximum absolute atomic E-state index is 10.1. The highest BCUT2D eigenvalue weighted by atomic mass is 16.3. The Morgan fingerprint density at radius 1 is 1.30 bits per heavy atom. The van der Waals surface area contributed by atoms with Crippen molar-refractivity contribution in [1.82, 2.24) is 15.1 Å². The molecule has 0 fully saturated rings. The van der Waals surface area contributed by atoms with E-state index in [-0.39, 0.29) is 6.04 Å². The first-order chi connectivity index (χ1) is 9.49. The summed E-state index contributed by atoms with van der Waals surface area (Å²) in [7, 11) is 0. The molecule has 1 unspecified atom stereocenters. The van der Waals surface area contributed by atoms with Crippen molar-refractivity contribution in [3.8, 4) is 0 Å². The average molecular weight is 282 g/mol. The Morgan fingerprint density at radius 3 is 2.65 bits per heavy atom. The smallest absolute Gasteiger partial charge is 0.0833 e. The maximum atomic E-state index is 10.1. The number of nitrogens with one attached hydrogen (secondary N) is 1. The summed E-state index contributed by atoms with van der Waals surface area (Å²) in [6.45, 7) is 7.72. The molecule has 1 aromatic rings. The van der Waals surface area contributed by atoms with Crippen LogP contribution in [-0.4, -0.2) is 39.6 Å². The molecule has 1 heterocycles. The van der Waals surface area contributed by atoms with Gasteiger partial charge in [0.05, 0.1) is 18.7 Å². The molecule has 5 nitrogen and oxygen atoms in total. The van der Waals surface area contributed by atoms with Gasteiger partial charge in [-0.3, -0.25) is 4.68 Å². The largest absolute Gasteiger partial charge is 0.390 e.